The first kappa shape index (κ1) is 14.3. The Morgan fingerprint density at radius 1 is 1.22 bits per heavy atom. The Kier molecular flexibility index (Phi) is 3.52. The zero-order valence-corrected chi connectivity index (χ0v) is 12.2. The molecule has 2 aliphatic heterocycles. The normalized spacial score (nSPS) is 40.3. The third kappa shape index (κ3) is 2.57. The Bertz CT molecular complexity index is 313. The molecule has 0 unspecified atom stereocenters. The maximum absolute atomic E-state index is 9.44. The van der Waals surface area contributed by atoms with Gasteiger partial charge >= 0.3 is 0 Å². The van der Waals surface area contributed by atoms with Crippen molar-refractivity contribution < 1.29 is 19.3 Å². The Hall–Kier alpha value is -0.160. The molecule has 4 nitrogen and oxygen atoms in total. The molecule has 0 spiro atoms. The van der Waals surface area contributed by atoms with Gasteiger partial charge in [0.25, 0.3) is 0 Å². The molecule has 3 atom stereocenters. The summed E-state index contributed by atoms with van der Waals surface area (Å²) in [5.74, 6) is -0.512. The van der Waals surface area contributed by atoms with Crippen molar-refractivity contribution >= 4 is 0 Å². The minimum Gasteiger partial charge on any atom is -0.396 e. The van der Waals surface area contributed by atoms with Gasteiger partial charge in [-0.1, -0.05) is 13.8 Å². The monoisotopic (exact) mass is 258 g/mol. The molecule has 2 fully saturated rings. The van der Waals surface area contributed by atoms with Crippen LogP contribution in [0.2, 0.25) is 0 Å². The summed E-state index contributed by atoms with van der Waals surface area (Å²) in [6, 6.07) is 0. The lowest BCUT2D eigenvalue weighted by atomic mass is 9.85. The highest BCUT2D eigenvalue weighted by Gasteiger charge is 2.51. The van der Waals surface area contributed by atoms with E-state index in [1.54, 1.807) is 0 Å². The van der Waals surface area contributed by atoms with Crippen molar-refractivity contribution in [1.29, 1.82) is 0 Å². The van der Waals surface area contributed by atoms with Crippen molar-refractivity contribution in [2.75, 3.05) is 13.2 Å². The lowest BCUT2D eigenvalue weighted by molar-refractivity contribution is -0.184. The second kappa shape index (κ2) is 4.44. The smallest absolute Gasteiger partial charge is 0.163 e. The van der Waals surface area contributed by atoms with Crippen LogP contribution in [0.15, 0.2) is 0 Å². The van der Waals surface area contributed by atoms with Gasteiger partial charge in [0.2, 0.25) is 0 Å². The molecule has 0 aliphatic carbocycles. The fourth-order valence-corrected chi connectivity index (χ4v) is 2.74. The first-order valence-electron chi connectivity index (χ1n) is 6.79. The molecule has 4 heteroatoms. The molecule has 2 rings (SSSR count). The van der Waals surface area contributed by atoms with E-state index in [1.807, 2.05) is 27.7 Å². The number of hydrogen-bond acceptors (Lipinski definition) is 4. The number of aliphatic hydroxyl groups is 1. The second-order valence-electron chi connectivity index (χ2n) is 6.92. The molecule has 0 aromatic carbocycles. The van der Waals surface area contributed by atoms with Crippen LogP contribution in [0, 0.1) is 5.41 Å². The molecule has 0 amide bonds. The van der Waals surface area contributed by atoms with Crippen molar-refractivity contribution in [3.63, 3.8) is 0 Å². The van der Waals surface area contributed by atoms with Crippen molar-refractivity contribution in [2.24, 2.45) is 5.41 Å². The molecular formula is C14H26O4. The Balaban J connectivity index is 2.03. The molecule has 0 bridgehead atoms. The number of aliphatic hydroxyl groups excluding tert-OH is 1. The molecule has 1 N–H and O–H groups in total. The summed E-state index contributed by atoms with van der Waals surface area (Å²) in [7, 11) is 0. The second-order valence-corrected chi connectivity index (χ2v) is 6.92. The third-order valence-electron chi connectivity index (χ3n) is 4.28. The van der Waals surface area contributed by atoms with E-state index in [0.29, 0.717) is 6.61 Å². The van der Waals surface area contributed by atoms with Crippen LogP contribution >= 0.6 is 0 Å². The molecule has 2 saturated heterocycles. The maximum Gasteiger partial charge on any atom is 0.163 e. The molecule has 106 valence electrons. The number of ether oxygens (including phenoxy) is 3. The van der Waals surface area contributed by atoms with Crippen LogP contribution in [0.3, 0.4) is 0 Å². The Labute approximate surface area is 110 Å². The fourth-order valence-electron chi connectivity index (χ4n) is 2.74. The summed E-state index contributed by atoms with van der Waals surface area (Å²) < 4.78 is 17.8. The SMILES string of the molecule is CC1(C)OC[C@H]([C@]2(C)CC[C@H](C(C)(C)CO)O2)O1. The predicted molar refractivity (Wildman–Crippen MR) is 68.3 cm³/mol. The molecule has 0 radical (unpaired) electrons. The summed E-state index contributed by atoms with van der Waals surface area (Å²) >= 11 is 0. The molecule has 18 heavy (non-hydrogen) atoms. The van der Waals surface area contributed by atoms with Gasteiger partial charge < -0.3 is 19.3 Å². The van der Waals surface area contributed by atoms with Crippen LogP contribution < -0.4 is 0 Å². The van der Waals surface area contributed by atoms with E-state index in [-0.39, 0.29) is 29.8 Å². The van der Waals surface area contributed by atoms with Gasteiger partial charge in [-0.15, -0.1) is 0 Å². The van der Waals surface area contributed by atoms with Gasteiger partial charge in [0.1, 0.15) is 6.10 Å². The average Bonchev–Trinajstić information content (AvgIpc) is 2.83. The Morgan fingerprint density at radius 2 is 1.89 bits per heavy atom. The van der Waals surface area contributed by atoms with E-state index in [2.05, 4.69) is 6.92 Å². The minimum atomic E-state index is -0.512. The van der Waals surface area contributed by atoms with Gasteiger partial charge in [-0.2, -0.15) is 0 Å². The third-order valence-corrected chi connectivity index (χ3v) is 4.28. The molecule has 2 aliphatic rings. The molecule has 0 saturated carbocycles. The zero-order valence-electron chi connectivity index (χ0n) is 12.2. The quantitative estimate of drug-likeness (QED) is 0.842. The number of hydrogen-bond donors (Lipinski definition) is 1. The van der Waals surface area contributed by atoms with Crippen LogP contribution in [0.1, 0.15) is 47.5 Å². The lowest BCUT2D eigenvalue weighted by Crippen LogP contribution is -2.44. The van der Waals surface area contributed by atoms with Gasteiger partial charge in [0, 0.05) is 5.41 Å². The predicted octanol–water partition coefficient (Wildman–Crippen LogP) is 2.09. The molecule has 0 aromatic rings. The van der Waals surface area contributed by atoms with Crippen molar-refractivity contribution in [3.05, 3.63) is 0 Å². The summed E-state index contributed by atoms with van der Waals surface area (Å²) in [4.78, 5) is 0. The summed E-state index contributed by atoms with van der Waals surface area (Å²) in [6.45, 7) is 10.8. The minimum absolute atomic E-state index is 0.0213. The first-order chi connectivity index (χ1) is 8.19. The van der Waals surface area contributed by atoms with Gasteiger partial charge in [-0.05, 0) is 33.6 Å². The largest absolute Gasteiger partial charge is 0.396 e. The highest BCUT2D eigenvalue weighted by molar-refractivity contribution is 4.98. The fraction of sp³-hybridized carbons (Fsp3) is 1.00. The molecule has 2 heterocycles. The van der Waals surface area contributed by atoms with E-state index < -0.39 is 5.79 Å². The van der Waals surface area contributed by atoms with E-state index in [0.717, 1.165) is 12.8 Å². The standard InChI is InChI=1S/C14H26O4/c1-12(2,9-15)10-6-7-14(5,18-10)11-8-16-13(3,4)17-11/h10-11,15H,6-9H2,1-5H3/t10-,11-,14+/m1/s1. The molecular weight excluding hydrogens is 232 g/mol. The highest BCUT2D eigenvalue weighted by Crippen LogP contribution is 2.43. The Morgan fingerprint density at radius 3 is 2.39 bits per heavy atom. The summed E-state index contributed by atoms with van der Waals surface area (Å²) in [5.41, 5.74) is -0.502. The zero-order chi connectivity index (χ0) is 13.6. The van der Waals surface area contributed by atoms with Crippen molar-refractivity contribution in [1.82, 2.24) is 0 Å². The topological polar surface area (TPSA) is 47.9 Å². The van der Waals surface area contributed by atoms with E-state index >= 15 is 0 Å². The highest BCUT2D eigenvalue weighted by atomic mass is 16.8. The average molecular weight is 258 g/mol. The molecule has 0 aromatic heterocycles. The van der Waals surface area contributed by atoms with Crippen molar-refractivity contribution in [2.45, 2.75) is 71.1 Å². The summed E-state index contributed by atoms with van der Waals surface area (Å²) in [5, 5.41) is 9.44. The van der Waals surface area contributed by atoms with Crippen LogP contribution in [0.4, 0.5) is 0 Å². The van der Waals surface area contributed by atoms with Crippen molar-refractivity contribution in [3.8, 4) is 0 Å². The van der Waals surface area contributed by atoms with Gasteiger partial charge in [-0.25, -0.2) is 0 Å². The van der Waals surface area contributed by atoms with E-state index in [9.17, 15) is 5.11 Å². The summed E-state index contributed by atoms with van der Waals surface area (Å²) in [6.07, 6.45) is 1.97. The van der Waals surface area contributed by atoms with Crippen LogP contribution in [0.5, 0.6) is 0 Å². The first-order valence-corrected chi connectivity index (χ1v) is 6.79. The van der Waals surface area contributed by atoms with Crippen LogP contribution in [0.25, 0.3) is 0 Å². The van der Waals surface area contributed by atoms with Gasteiger partial charge in [0.05, 0.1) is 24.9 Å². The lowest BCUT2D eigenvalue weighted by Gasteiger charge is -2.35. The number of rotatable bonds is 3. The van der Waals surface area contributed by atoms with Gasteiger partial charge in [-0.3, -0.25) is 0 Å². The maximum atomic E-state index is 9.44. The van der Waals surface area contributed by atoms with E-state index in [1.165, 1.54) is 0 Å². The van der Waals surface area contributed by atoms with Gasteiger partial charge in [0.15, 0.2) is 5.79 Å². The van der Waals surface area contributed by atoms with Crippen LogP contribution in [-0.4, -0.2) is 41.9 Å². The van der Waals surface area contributed by atoms with E-state index in [4.69, 9.17) is 14.2 Å². The van der Waals surface area contributed by atoms with Crippen LogP contribution in [-0.2, 0) is 14.2 Å².